The summed E-state index contributed by atoms with van der Waals surface area (Å²) in [5.74, 6) is 0. The summed E-state index contributed by atoms with van der Waals surface area (Å²) in [6.45, 7) is 6.97. The molecule has 2 unspecified atom stereocenters. The molecule has 17 heavy (non-hydrogen) atoms. The quantitative estimate of drug-likeness (QED) is 0.876. The highest BCUT2D eigenvalue weighted by Gasteiger charge is 2.20. The molecule has 2 atom stereocenters. The molecule has 5 heteroatoms. The van der Waals surface area contributed by atoms with Crippen LogP contribution in [-0.4, -0.2) is 30.8 Å². The summed E-state index contributed by atoms with van der Waals surface area (Å²) in [6, 6.07) is 0.0719. The average Bonchev–Trinajstić information content (AvgIpc) is 2.96. The van der Waals surface area contributed by atoms with E-state index in [9.17, 15) is 0 Å². The molecule has 1 aromatic heterocycles. The molecule has 1 fully saturated rings. The van der Waals surface area contributed by atoms with E-state index < -0.39 is 0 Å². The molecule has 4 nitrogen and oxygen atoms in total. The molecule has 1 aliphatic rings. The molecule has 0 radical (unpaired) electrons. The van der Waals surface area contributed by atoms with Gasteiger partial charge in [-0.05, 0) is 26.7 Å². The summed E-state index contributed by atoms with van der Waals surface area (Å²) in [4.78, 5) is 7.89. The van der Waals surface area contributed by atoms with Crippen LogP contribution in [0.3, 0.4) is 0 Å². The number of hydrogen-bond donors (Lipinski definition) is 1. The average molecular weight is 255 g/mol. The number of hydrogen-bond acceptors (Lipinski definition) is 5. The molecule has 0 saturated carbocycles. The maximum Gasteiger partial charge on any atom is 0.185 e. The number of nitrogens with zero attached hydrogens (tertiary/aromatic N) is 2. The van der Waals surface area contributed by atoms with E-state index in [4.69, 9.17) is 10.5 Å². The lowest BCUT2D eigenvalue weighted by atomic mass is 10.2. The van der Waals surface area contributed by atoms with Crippen LogP contribution in [0.5, 0.6) is 0 Å². The van der Waals surface area contributed by atoms with E-state index in [0.29, 0.717) is 6.10 Å². The van der Waals surface area contributed by atoms with Crippen molar-refractivity contribution in [1.82, 2.24) is 4.98 Å². The van der Waals surface area contributed by atoms with E-state index in [2.05, 4.69) is 16.8 Å². The normalized spacial score (nSPS) is 21.7. The first-order chi connectivity index (χ1) is 8.20. The molecule has 1 aromatic rings. The van der Waals surface area contributed by atoms with Crippen LogP contribution in [0, 0.1) is 0 Å². The topological polar surface area (TPSA) is 51.4 Å². The van der Waals surface area contributed by atoms with E-state index in [1.54, 1.807) is 11.3 Å². The van der Waals surface area contributed by atoms with Gasteiger partial charge in [0.2, 0.25) is 0 Å². The second-order valence-electron chi connectivity index (χ2n) is 4.51. The van der Waals surface area contributed by atoms with Gasteiger partial charge < -0.3 is 15.4 Å². The summed E-state index contributed by atoms with van der Waals surface area (Å²) in [7, 11) is 0. The third-order valence-electron chi connectivity index (χ3n) is 3.06. The van der Waals surface area contributed by atoms with E-state index in [1.807, 2.05) is 13.1 Å². The third-order valence-corrected chi connectivity index (χ3v) is 4.32. The van der Waals surface area contributed by atoms with Gasteiger partial charge in [-0.1, -0.05) is 0 Å². The Hall–Kier alpha value is -0.650. The van der Waals surface area contributed by atoms with Crippen LogP contribution in [-0.2, 0) is 4.74 Å². The van der Waals surface area contributed by atoms with Gasteiger partial charge in [0.1, 0.15) is 0 Å². The number of rotatable bonds is 5. The van der Waals surface area contributed by atoms with Crippen molar-refractivity contribution < 1.29 is 4.74 Å². The van der Waals surface area contributed by atoms with Crippen LogP contribution in [0.4, 0.5) is 5.13 Å². The van der Waals surface area contributed by atoms with Gasteiger partial charge in [-0.2, -0.15) is 0 Å². The van der Waals surface area contributed by atoms with Gasteiger partial charge in [0.05, 0.1) is 6.10 Å². The Morgan fingerprint density at radius 1 is 1.71 bits per heavy atom. The molecule has 96 valence electrons. The molecule has 2 N–H and O–H groups in total. The zero-order valence-corrected chi connectivity index (χ0v) is 11.4. The van der Waals surface area contributed by atoms with Crippen LogP contribution >= 0.6 is 11.3 Å². The van der Waals surface area contributed by atoms with Crippen molar-refractivity contribution in [1.29, 1.82) is 0 Å². The fourth-order valence-electron chi connectivity index (χ4n) is 2.01. The molecule has 0 spiro atoms. The van der Waals surface area contributed by atoms with E-state index in [0.717, 1.165) is 29.7 Å². The van der Waals surface area contributed by atoms with Crippen molar-refractivity contribution in [3.8, 4) is 0 Å². The molecule has 0 amide bonds. The summed E-state index contributed by atoms with van der Waals surface area (Å²) >= 11 is 1.69. The standard InChI is InChI=1S/C12H21N3OS/c1-3-15(8-10-5-4-6-16-10)12-14-7-11(17-12)9(2)13/h7,9-10H,3-6,8,13H2,1-2H3. The van der Waals surface area contributed by atoms with Crippen LogP contribution in [0.15, 0.2) is 6.20 Å². The molecule has 1 aliphatic heterocycles. The SMILES string of the molecule is CCN(CC1CCCO1)c1ncc(C(C)N)s1. The second-order valence-corrected chi connectivity index (χ2v) is 5.55. The predicted molar refractivity (Wildman–Crippen MR) is 71.6 cm³/mol. The zero-order valence-electron chi connectivity index (χ0n) is 10.6. The second kappa shape index (κ2) is 5.80. The van der Waals surface area contributed by atoms with Crippen molar-refractivity contribution in [2.45, 2.75) is 38.8 Å². The highest BCUT2D eigenvalue weighted by atomic mass is 32.1. The lowest BCUT2D eigenvalue weighted by molar-refractivity contribution is 0.115. The van der Waals surface area contributed by atoms with Gasteiger partial charge in [-0.15, -0.1) is 11.3 Å². The first-order valence-corrected chi connectivity index (χ1v) is 7.10. The number of nitrogens with two attached hydrogens (primary N) is 1. The molecule has 0 aliphatic carbocycles. The number of likely N-dealkylation sites (N-methyl/N-ethyl adjacent to an activating group) is 1. The Bertz CT molecular complexity index is 347. The maximum atomic E-state index is 5.86. The third kappa shape index (κ3) is 3.18. The Labute approximate surface area is 107 Å². The fourth-order valence-corrected chi connectivity index (χ4v) is 2.95. The van der Waals surface area contributed by atoms with Crippen molar-refractivity contribution in [2.75, 3.05) is 24.6 Å². The zero-order chi connectivity index (χ0) is 12.3. The first-order valence-electron chi connectivity index (χ1n) is 6.28. The van der Waals surface area contributed by atoms with Gasteiger partial charge in [0, 0.05) is 36.8 Å². The Morgan fingerprint density at radius 3 is 3.06 bits per heavy atom. The van der Waals surface area contributed by atoms with Gasteiger partial charge in [-0.3, -0.25) is 0 Å². The summed E-state index contributed by atoms with van der Waals surface area (Å²) in [5.41, 5.74) is 5.86. The van der Waals surface area contributed by atoms with Crippen LogP contribution in [0.2, 0.25) is 0 Å². The lowest BCUT2D eigenvalue weighted by Crippen LogP contribution is -2.31. The Morgan fingerprint density at radius 2 is 2.53 bits per heavy atom. The van der Waals surface area contributed by atoms with Crippen LogP contribution in [0.25, 0.3) is 0 Å². The minimum Gasteiger partial charge on any atom is -0.376 e. The highest BCUT2D eigenvalue weighted by molar-refractivity contribution is 7.15. The number of ether oxygens (including phenoxy) is 1. The van der Waals surface area contributed by atoms with Crippen molar-refractivity contribution in [3.63, 3.8) is 0 Å². The lowest BCUT2D eigenvalue weighted by Gasteiger charge is -2.23. The summed E-state index contributed by atoms with van der Waals surface area (Å²) in [5, 5.41) is 1.07. The number of anilines is 1. The van der Waals surface area contributed by atoms with Gasteiger partial charge >= 0.3 is 0 Å². The minimum atomic E-state index is 0.0719. The highest BCUT2D eigenvalue weighted by Crippen LogP contribution is 2.27. The molecule has 0 bridgehead atoms. The van der Waals surface area contributed by atoms with Crippen molar-refractivity contribution in [2.24, 2.45) is 5.73 Å². The molecular weight excluding hydrogens is 234 g/mol. The smallest absolute Gasteiger partial charge is 0.185 e. The van der Waals surface area contributed by atoms with E-state index in [-0.39, 0.29) is 6.04 Å². The summed E-state index contributed by atoms with van der Waals surface area (Å²) in [6.07, 6.45) is 4.62. The molecular formula is C12H21N3OS. The van der Waals surface area contributed by atoms with Gasteiger partial charge in [-0.25, -0.2) is 4.98 Å². The Balaban J connectivity index is 2.00. The van der Waals surface area contributed by atoms with Crippen LogP contribution in [0.1, 0.15) is 37.6 Å². The number of thiazole rings is 1. The van der Waals surface area contributed by atoms with Crippen molar-refractivity contribution >= 4 is 16.5 Å². The first kappa shape index (κ1) is 12.8. The van der Waals surface area contributed by atoms with E-state index >= 15 is 0 Å². The summed E-state index contributed by atoms with van der Waals surface area (Å²) < 4.78 is 5.67. The molecule has 0 aromatic carbocycles. The van der Waals surface area contributed by atoms with Crippen LogP contribution < -0.4 is 10.6 Å². The Kier molecular flexibility index (Phi) is 4.36. The largest absolute Gasteiger partial charge is 0.376 e. The van der Waals surface area contributed by atoms with Gasteiger partial charge in [0.15, 0.2) is 5.13 Å². The predicted octanol–water partition coefficient (Wildman–Crippen LogP) is 2.17. The minimum absolute atomic E-state index is 0.0719. The van der Waals surface area contributed by atoms with E-state index in [1.165, 1.54) is 12.8 Å². The fraction of sp³-hybridized carbons (Fsp3) is 0.750. The maximum absolute atomic E-state index is 5.86. The number of aromatic nitrogens is 1. The monoisotopic (exact) mass is 255 g/mol. The van der Waals surface area contributed by atoms with Crippen molar-refractivity contribution in [3.05, 3.63) is 11.1 Å². The molecule has 2 heterocycles. The van der Waals surface area contributed by atoms with Gasteiger partial charge in [0.25, 0.3) is 0 Å². The molecule has 1 saturated heterocycles. The molecule has 2 rings (SSSR count).